The number of aromatic nitrogens is 1. The first-order valence-electron chi connectivity index (χ1n) is 4.59. The van der Waals surface area contributed by atoms with Gasteiger partial charge in [0.15, 0.2) is 0 Å². The number of nitriles is 1. The van der Waals surface area contributed by atoms with Crippen molar-refractivity contribution in [3.05, 3.63) is 23.9 Å². The maximum absolute atomic E-state index is 9.10. The molecule has 0 unspecified atom stereocenters. The summed E-state index contributed by atoms with van der Waals surface area (Å²) in [4.78, 5) is 4.08. The molecule has 1 aromatic heterocycles. The SMILES string of the molecule is N#Cc1cccnc1NC1CC(O)C1. The molecule has 72 valence electrons. The normalized spacial score (nSPS) is 24.9. The Morgan fingerprint density at radius 2 is 2.36 bits per heavy atom. The molecule has 1 aliphatic carbocycles. The Balaban J connectivity index is 2.06. The molecular formula is C10H11N3O. The van der Waals surface area contributed by atoms with Crippen LogP contribution in [-0.2, 0) is 0 Å². The van der Waals surface area contributed by atoms with Crippen LogP contribution in [0.4, 0.5) is 5.82 Å². The molecular weight excluding hydrogens is 178 g/mol. The van der Waals surface area contributed by atoms with E-state index in [9.17, 15) is 0 Å². The fraction of sp³-hybridized carbons (Fsp3) is 0.400. The molecule has 0 atom stereocenters. The van der Waals surface area contributed by atoms with Crippen LogP contribution in [0.1, 0.15) is 18.4 Å². The van der Waals surface area contributed by atoms with Crippen molar-refractivity contribution in [3.63, 3.8) is 0 Å². The number of hydrogen-bond donors (Lipinski definition) is 2. The number of nitrogens with one attached hydrogen (secondary N) is 1. The number of nitrogens with zero attached hydrogens (tertiary/aromatic N) is 2. The Morgan fingerprint density at radius 1 is 1.57 bits per heavy atom. The van der Waals surface area contributed by atoms with Crippen molar-refractivity contribution in [3.8, 4) is 6.07 Å². The lowest BCUT2D eigenvalue weighted by Gasteiger charge is -2.32. The highest BCUT2D eigenvalue weighted by atomic mass is 16.3. The monoisotopic (exact) mass is 189 g/mol. The summed E-state index contributed by atoms with van der Waals surface area (Å²) in [6, 6.07) is 5.79. The van der Waals surface area contributed by atoms with Crippen molar-refractivity contribution >= 4 is 5.82 Å². The lowest BCUT2D eigenvalue weighted by molar-refractivity contribution is 0.0835. The van der Waals surface area contributed by atoms with E-state index in [4.69, 9.17) is 10.4 Å². The van der Waals surface area contributed by atoms with Crippen LogP contribution < -0.4 is 5.32 Å². The smallest absolute Gasteiger partial charge is 0.144 e. The fourth-order valence-electron chi connectivity index (χ4n) is 1.51. The second-order valence-corrected chi connectivity index (χ2v) is 3.48. The van der Waals surface area contributed by atoms with Gasteiger partial charge in [-0.15, -0.1) is 0 Å². The first kappa shape index (κ1) is 8.97. The molecule has 1 aliphatic rings. The number of hydrogen-bond acceptors (Lipinski definition) is 4. The molecule has 0 saturated heterocycles. The summed E-state index contributed by atoms with van der Waals surface area (Å²) in [6.07, 6.45) is 2.93. The molecule has 0 bridgehead atoms. The van der Waals surface area contributed by atoms with Crippen LogP contribution in [0.2, 0.25) is 0 Å². The maximum atomic E-state index is 9.10. The topological polar surface area (TPSA) is 68.9 Å². The second kappa shape index (κ2) is 3.64. The quantitative estimate of drug-likeness (QED) is 0.724. The third-order valence-electron chi connectivity index (χ3n) is 2.38. The Labute approximate surface area is 82.2 Å². The highest BCUT2D eigenvalue weighted by molar-refractivity contribution is 5.52. The van der Waals surface area contributed by atoms with Crippen molar-refractivity contribution in [2.45, 2.75) is 25.0 Å². The molecule has 0 amide bonds. The van der Waals surface area contributed by atoms with Crippen molar-refractivity contribution in [1.82, 2.24) is 4.98 Å². The van der Waals surface area contributed by atoms with Crippen LogP contribution in [-0.4, -0.2) is 22.2 Å². The van der Waals surface area contributed by atoms with E-state index in [0.29, 0.717) is 11.4 Å². The van der Waals surface area contributed by atoms with E-state index >= 15 is 0 Å². The standard InChI is InChI=1S/C10H11N3O/c11-6-7-2-1-3-12-10(7)13-8-4-9(14)5-8/h1-3,8-9,14H,4-5H2,(H,12,13). The summed E-state index contributed by atoms with van der Waals surface area (Å²) in [5.74, 6) is 0.618. The molecule has 0 aliphatic heterocycles. The molecule has 0 spiro atoms. The average molecular weight is 189 g/mol. The van der Waals surface area contributed by atoms with Gasteiger partial charge in [0.05, 0.1) is 11.7 Å². The summed E-state index contributed by atoms with van der Waals surface area (Å²) in [5, 5.41) is 21.0. The second-order valence-electron chi connectivity index (χ2n) is 3.48. The van der Waals surface area contributed by atoms with Crippen molar-refractivity contribution in [2.24, 2.45) is 0 Å². The van der Waals surface area contributed by atoms with Crippen molar-refractivity contribution in [2.75, 3.05) is 5.32 Å². The van der Waals surface area contributed by atoms with Crippen LogP contribution >= 0.6 is 0 Å². The minimum atomic E-state index is -0.193. The summed E-state index contributed by atoms with van der Waals surface area (Å²) >= 11 is 0. The molecule has 1 saturated carbocycles. The van der Waals surface area contributed by atoms with Crippen LogP contribution in [0.25, 0.3) is 0 Å². The van der Waals surface area contributed by atoms with Gasteiger partial charge >= 0.3 is 0 Å². The van der Waals surface area contributed by atoms with E-state index in [1.54, 1.807) is 18.3 Å². The lowest BCUT2D eigenvalue weighted by Crippen LogP contribution is -2.39. The van der Waals surface area contributed by atoms with Gasteiger partial charge in [0, 0.05) is 12.2 Å². The highest BCUT2D eigenvalue weighted by Gasteiger charge is 2.27. The van der Waals surface area contributed by atoms with Gasteiger partial charge < -0.3 is 10.4 Å². The van der Waals surface area contributed by atoms with Gasteiger partial charge in [-0.1, -0.05) is 0 Å². The van der Waals surface area contributed by atoms with E-state index in [-0.39, 0.29) is 12.1 Å². The average Bonchev–Trinajstić information content (AvgIpc) is 2.16. The number of anilines is 1. The first-order chi connectivity index (χ1) is 6.79. The fourth-order valence-corrected chi connectivity index (χ4v) is 1.51. The van der Waals surface area contributed by atoms with Gasteiger partial charge in [-0.05, 0) is 25.0 Å². The Kier molecular flexibility index (Phi) is 2.33. The van der Waals surface area contributed by atoms with E-state index in [2.05, 4.69) is 16.4 Å². The van der Waals surface area contributed by atoms with Crippen LogP contribution in [0.3, 0.4) is 0 Å². The van der Waals surface area contributed by atoms with Gasteiger partial charge in [0.1, 0.15) is 11.9 Å². The summed E-state index contributed by atoms with van der Waals surface area (Å²) < 4.78 is 0. The maximum Gasteiger partial charge on any atom is 0.144 e. The van der Waals surface area contributed by atoms with Crippen molar-refractivity contribution in [1.29, 1.82) is 5.26 Å². The summed E-state index contributed by atoms with van der Waals surface area (Å²) in [5.41, 5.74) is 0.550. The predicted molar refractivity (Wildman–Crippen MR) is 51.6 cm³/mol. The third-order valence-corrected chi connectivity index (χ3v) is 2.38. The van der Waals surface area contributed by atoms with E-state index in [1.165, 1.54) is 0 Å². The molecule has 4 nitrogen and oxygen atoms in total. The van der Waals surface area contributed by atoms with E-state index < -0.39 is 0 Å². The first-order valence-corrected chi connectivity index (χ1v) is 4.59. The van der Waals surface area contributed by atoms with Gasteiger partial charge in [0.25, 0.3) is 0 Å². The van der Waals surface area contributed by atoms with Crippen LogP contribution in [0.15, 0.2) is 18.3 Å². The summed E-state index contributed by atoms with van der Waals surface area (Å²) in [6.45, 7) is 0. The van der Waals surface area contributed by atoms with E-state index in [0.717, 1.165) is 12.8 Å². The van der Waals surface area contributed by atoms with E-state index in [1.807, 2.05) is 0 Å². The van der Waals surface area contributed by atoms with Gasteiger partial charge in [-0.3, -0.25) is 0 Å². The van der Waals surface area contributed by atoms with Crippen LogP contribution in [0, 0.1) is 11.3 Å². The van der Waals surface area contributed by atoms with Gasteiger partial charge in [-0.2, -0.15) is 5.26 Å². The lowest BCUT2D eigenvalue weighted by atomic mass is 9.89. The molecule has 1 aromatic rings. The zero-order chi connectivity index (χ0) is 9.97. The molecule has 1 heterocycles. The molecule has 0 aromatic carbocycles. The Morgan fingerprint density at radius 3 is 3.00 bits per heavy atom. The minimum Gasteiger partial charge on any atom is -0.393 e. The summed E-state index contributed by atoms with van der Waals surface area (Å²) in [7, 11) is 0. The zero-order valence-electron chi connectivity index (χ0n) is 7.64. The highest BCUT2D eigenvalue weighted by Crippen LogP contribution is 2.24. The zero-order valence-corrected chi connectivity index (χ0v) is 7.64. The Hall–Kier alpha value is -1.60. The number of pyridine rings is 1. The molecule has 2 N–H and O–H groups in total. The number of aliphatic hydroxyl groups excluding tert-OH is 1. The Bertz CT molecular complexity index is 366. The predicted octanol–water partition coefficient (Wildman–Crippen LogP) is 0.888. The number of aliphatic hydroxyl groups is 1. The van der Waals surface area contributed by atoms with Gasteiger partial charge in [-0.25, -0.2) is 4.98 Å². The molecule has 2 rings (SSSR count). The van der Waals surface area contributed by atoms with Gasteiger partial charge in [0.2, 0.25) is 0 Å². The number of rotatable bonds is 2. The minimum absolute atomic E-state index is 0.193. The third kappa shape index (κ3) is 1.68. The molecule has 14 heavy (non-hydrogen) atoms. The van der Waals surface area contributed by atoms with Crippen LogP contribution in [0.5, 0.6) is 0 Å². The molecule has 1 fully saturated rings. The van der Waals surface area contributed by atoms with Crippen molar-refractivity contribution < 1.29 is 5.11 Å². The largest absolute Gasteiger partial charge is 0.393 e. The molecule has 0 radical (unpaired) electrons. The molecule has 4 heteroatoms.